The zero-order chi connectivity index (χ0) is 8.84. The zero-order valence-electron chi connectivity index (χ0n) is 7.35. The van der Waals surface area contributed by atoms with E-state index in [2.05, 4.69) is 36.4 Å². The van der Waals surface area contributed by atoms with Crippen molar-refractivity contribution in [3.05, 3.63) is 47.5 Å². The van der Waals surface area contributed by atoms with Gasteiger partial charge in [-0.15, -0.1) is 0 Å². The largest absolute Gasteiger partial charge is 0.392 e. The van der Waals surface area contributed by atoms with Crippen molar-refractivity contribution in [2.45, 2.75) is 24.4 Å². The van der Waals surface area contributed by atoms with Crippen LogP contribution in [0, 0.1) is 0 Å². The van der Waals surface area contributed by atoms with Gasteiger partial charge in [-0.3, -0.25) is 0 Å². The third-order valence-electron chi connectivity index (χ3n) is 3.22. The maximum absolute atomic E-state index is 9.79. The van der Waals surface area contributed by atoms with Gasteiger partial charge in [0, 0.05) is 11.8 Å². The Morgan fingerprint density at radius 3 is 2.62 bits per heavy atom. The molecule has 1 aromatic carbocycles. The van der Waals surface area contributed by atoms with Gasteiger partial charge in [-0.1, -0.05) is 36.4 Å². The first-order valence-corrected chi connectivity index (χ1v) is 4.81. The first kappa shape index (κ1) is 7.34. The molecule has 1 heteroatoms. The lowest BCUT2D eigenvalue weighted by atomic mass is 9.70. The van der Waals surface area contributed by atoms with Crippen molar-refractivity contribution in [3.8, 4) is 0 Å². The van der Waals surface area contributed by atoms with Crippen LogP contribution in [0.25, 0.3) is 0 Å². The van der Waals surface area contributed by atoms with E-state index < -0.39 is 0 Å². The Bertz CT molecular complexity index is 367. The van der Waals surface area contributed by atoms with Crippen LogP contribution in [0.5, 0.6) is 0 Å². The van der Waals surface area contributed by atoms with Gasteiger partial charge in [-0.05, 0) is 17.5 Å². The third kappa shape index (κ3) is 0.909. The van der Waals surface area contributed by atoms with E-state index in [9.17, 15) is 5.11 Å². The highest BCUT2D eigenvalue weighted by atomic mass is 16.3. The van der Waals surface area contributed by atoms with Crippen molar-refractivity contribution in [1.29, 1.82) is 0 Å². The standard InChI is InChI=1S/C12H12O/c13-12-7-8-5-6-11(12)10-4-2-1-3-9(8)10/h1-6,8,11-13H,7H2/t8-,11+,12+/m0/s1. The van der Waals surface area contributed by atoms with Crippen molar-refractivity contribution in [2.75, 3.05) is 0 Å². The predicted molar refractivity (Wildman–Crippen MR) is 51.7 cm³/mol. The van der Waals surface area contributed by atoms with Gasteiger partial charge in [0.1, 0.15) is 0 Å². The van der Waals surface area contributed by atoms with E-state index in [0.717, 1.165) is 6.42 Å². The molecule has 1 nitrogen and oxygen atoms in total. The number of hydrogen-bond donors (Lipinski definition) is 1. The number of rotatable bonds is 0. The Morgan fingerprint density at radius 1 is 1.08 bits per heavy atom. The van der Waals surface area contributed by atoms with Gasteiger partial charge in [0.15, 0.2) is 0 Å². The molecule has 1 aromatic rings. The number of allylic oxidation sites excluding steroid dienone is 1. The molecule has 4 rings (SSSR count). The Kier molecular flexibility index (Phi) is 1.39. The fourth-order valence-electron chi connectivity index (χ4n) is 2.56. The molecule has 0 unspecified atom stereocenters. The molecule has 0 aliphatic heterocycles. The van der Waals surface area contributed by atoms with Gasteiger partial charge >= 0.3 is 0 Å². The Balaban J connectivity index is 2.21. The van der Waals surface area contributed by atoms with Crippen molar-refractivity contribution in [2.24, 2.45) is 0 Å². The molecule has 3 aliphatic rings. The van der Waals surface area contributed by atoms with E-state index in [-0.39, 0.29) is 12.0 Å². The number of benzene rings is 1. The quantitative estimate of drug-likeness (QED) is 0.595. The molecular formula is C12H12O. The predicted octanol–water partition coefficient (Wildman–Crippen LogP) is 2.19. The van der Waals surface area contributed by atoms with Gasteiger partial charge in [-0.25, -0.2) is 0 Å². The van der Waals surface area contributed by atoms with Crippen molar-refractivity contribution in [3.63, 3.8) is 0 Å². The van der Waals surface area contributed by atoms with E-state index in [4.69, 9.17) is 0 Å². The number of aliphatic hydroxyl groups excluding tert-OH is 1. The molecule has 0 aromatic heterocycles. The normalized spacial score (nSPS) is 34.7. The van der Waals surface area contributed by atoms with Crippen LogP contribution >= 0.6 is 0 Å². The average molecular weight is 172 g/mol. The van der Waals surface area contributed by atoms with E-state index in [0.29, 0.717) is 5.92 Å². The van der Waals surface area contributed by atoms with Crippen LogP contribution in [0.3, 0.4) is 0 Å². The highest BCUT2D eigenvalue weighted by Gasteiger charge is 2.34. The minimum Gasteiger partial charge on any atom is -0.392 e. The Labute approximate surface area is 77.7 Å². The highest BCUT2D eigenvalue weighted by molar-refractivity contribution is 5.45. The summed E-state index contributed by atoms with van der Waals surface area (Å²) in [5, 5.41) is 9.79. The van der Waals surface area contributed by atoms with Gasteiger partial charge in [-0.2, -0.15) is 0 Å². The highest BCUT2D eigenvalue weighted by Crippen LogP contribution is 2.44. The maximum Gasteiger partial charge on any atom is 0.0652 e. The summed E-state index contributed by atoms with van der Waals surface area (Å²) in [6.07, 6.45) is 5.13. The van der Waals surface area contributed by atoms with E-state index in [1.54, 1.807) is 0 Å². The molecule has 0 saturated carbocycles. The van der Waals surface area contributed by atoms with Crippen LogP contribution in [-0.2, 0) is 0 Å². The summed E-state index contributed by atoms with van der Waals surface area (Å²) in [5.41, 5.74) is 2.74. The molecule has 2 bridgehead atoms. The molecule has 0 saturated heterocycles. The molecule has 0 amide bonds. The van der Waals surface area contributed by atoms with Crippen molar-refractivity contribution < 1.29 is 5.11 Å². The average Bonchev–Trinajstić information content (AvgIpc) is 2.19. The second-order valence-corrected chi connectivity index (χ2v) is 3.95. The Hall–Kier alpha value is -1.08. The van der Waals surface area contributed by atoms with Crippen LogP contribution in [0.2, 0.25) is 0 Å². The van der Waals surface area contributed by atoms with Gasteiger partial charge in [0.25, 0.3) is 0 Å². The van der Waals surface area contributed by atoms with E-state index >= 15 is 0 Å². The summed E-state index contributed by atoms with van der Waals surface area (Å²) in [5.74, 6) is 0.706. The molecule has 0 heterocycles. The zero-order valence-corrected chi connectivity index (χ0v) is 7.35. The molecule has 3 aliphatic carbocycles. The summed E-state index contributed by atoms with van der Waals surface area (Å²) < 4.78 is 0. The van der Waals surface area contributed by atoms with Crippen LogP contribution in [0.1, 0.15) is 29.4 Å². The Morgan fingerprint density at radius 2 is 1.85 bits per heavy atom. The molecule has 0 spiro atoms. The molecule has 13 heavy (non-hydrogen) atoms. The van der Waals surface area contributed by atoms with Gasteiger partial charge < -0.3 is 5.11 Å². The van der Waals surface area contributed by atoms with Crippen LogP contribution in [-0.4, -0.2) is 11.2 Å². The third-order valence-corrected chi connectivity index (χ3v) is 3.22. The lowest BCUT2D eigenvalue weighted by molar-refractivity contribution is 0.130. The van der Waals surface area contributed by atoms with Crippen LogP contribution in [0.15, 0.2) is 36.4 Å². The molecule has 0 fully saturated rings. The topological polar surface area (TPSA) is 20.2 Å². The van der Waals surface area contributed by atoms with Gasteiger partial charge in [0.05, 0.1) is 6.10 Å². The molecule has 3 atom stereocenters. The lowest BCUT2D eigenvalue weighted by Crippen LogP contribution is -2.29. The number of aliphatic hydroxyl groups is 1. The van der Waals surface area contributed by atoms with E-state index in [1.807, 2.05) is 0 Å². The van der Waals surface area contributed by atoms with Crippen molar-refractivity contribution >= 4 is 0 Å². The minimum atomic E-state index is -0.162. The molecule has 66 valence electrons. The van der Waals surface area contributed by atoms with Crippen molar-refractivity contribution in [1.82, 2.24) is 0 Å². The summed E-state index contributed by atoms with van der Waals surface area (Å²) in [4.78, 5) is 0. The first-order chi connectivity index (χ1) is 6.36. The SMILES string of the molecule is O[C@@H]1C[C@@H]2C=C[C@@H]1c1ccccc12. The fraction of sp³-hybridized carbons (Fsp3) is 0.333. The molecular weight excluding hydrogens is 160 g/mol. The number of fused-ring (bicyclic) bond motifs is 1. The maximum atomic E-state index is 9.79. The summed E-state index contributed by atoms with van der Waals surface area (Å²) in [6.45, 7) is 0. The summed E-state index contributed by atoms with van der Waals surface area (Å²) >= 11 is 0. The smallest absolute Gasteiger partial charge is 0.0652 e. The second kappa shape index (κ2) is 2.46. The fourth-order valence-corrected chi connectivity index (χ4v) is 2.56. The second-order valence-electron chi connectivity index (χ2n) is 3.95. The summed E-state index contributed by atoms with van der Waals surface area (Å²) in [7, 11) is 0. The van der Waals surface area contributed by atoms with Crippen LogP contribution < -0.4 is 0 Å². The van der Waals surface area contributed by atoms with Gasteiger partial charge in [0.2, 0.25) is 0 Å². The van der Waals surface area contributed by atoms with E-state index in [1.165, 1.54) is 11.1 Å². The molecule has 1 N–H and O–H groups in total. The number of hydrogen-bond acceptors (Lipinski definition) is 1. The monoisotopic (exact) mass is 172 g/mol. The lowest BCUT2D eigenvalue weighted by Gasteiger charge is -2.37. The molecule has 0 radical (unpaired) electrons. The minimum absolute atomic E-state index is 0.162. The first-order valence-electron chi connectivity index (χ1n) is 4.81. The summed E-state index contributed by atoms with van der Waals surface area (Å²) in [6, 6.07) is 8.46. The van der Waals surface area contributed by atoms with Crippen LogP contribution in [0.4, 0.5) is 0 Å².